The predicted molar refractivity (Wildman–Crippen MR) is 102 cm³/mol. The van der Waals surface area contributed by atoms with E-state index in [-0.39, 0.29) is 17.1 Å². The van der Waals surface area contributed by atoms with E-state index >= 15 is 0 Å². The Labute approximate surface area is 164 Å². The van der Waals surface area contributed by atoms with Crippen molar-refractivity contribution in [1.82, 2.24) is 29.3 Å². The molecule has 0 atom stereocenters. The minimum atomic E-state index is -0.816. The van der Waals surface area contributed by atoms with Gasteiger partial charge in [-0.3, -0.25) is 33.7 Å². The SMILES string of the molecule is CCn1cc([N+](=O)[O-])c(C(=O)Nc2cnn(C)c2C(=O)Nc2cnn(C)c2C)n1. The molecule has 3 aromatic heterocycles. The standard InChI is InChI=1S/C16H19N9O4/c1-5-24-8-12(25(28)29)13(21-24)15(26)20-11-7-18-23(4)14(11)16(27)19-10-6-17-22(3)9(10)2/h6-8H,5H2,1-4H3,(H,19,27)(H,20,26). The van der Waals surface area contributed by atoms with Crippen LogP contribution in [0.25, 0.3) is 0 Å². The second kappa shape index (κ2) is 7.53. The summed E-state index contributed by atoms with van der Waals surface area (Å²) in [5, 5.41) is 28.4. The van der Waals surface area contributed by atoms with E-state index in [1.165, 1.54) is 35.0 Å². The van der Waals surface area contributed by atoms with E-state index in [0.717, 1.165) is 5.69 Å². The Balaban J connectivity index is 1.87. The Kier molecular flexibility index (Phi) is 5.12. The Hall–Kier alpha value is -4.03. The maximum Gasteiger partial charge on any atom is 0.320 e. The highest BCUT2D eigenvalue weighted by Crippen LogP contribution is 2.22. The molecule has 0 spiro atoms. The van der Waals surface area contributed by atoms with E-state index in [0.29, 0.717) is 12.2 Å². The van der Waals surface area contributed by atoms with Crippen molar-refractivity contribution in [3.05, 3.63) is 45.8 Å². The summed E-state index contributed by atoms with van der Waals surface area (Å²) in [6, 6.07) is 0. The Morgan fingerprint density at radius 2 is 1.72 bits per heavy atom. The molecule has 0 saturated heterocycles. The average molecular weight is 401 g/mol. The number of carbonyl (C=O) groups excluding carboxylic acids is 2. The van der Waals surface area contributed by atoms with Crippen LogP contribution < -0.4 is 10.6 Å². The van der Waals surface area contributed by atoms with Crippen molar-refractivity contribution in [1.29, 1.82) is 0 Å². The van der Waals surface area contributed by atoms with Crippen LogP contribution in [0, 0.1) is 17.0 Å². The molecule has 29 heavy (non-hydrogen) atoms. The first-order valence-electron chi connectivity index (χ1n) is 8.58. The quantitative estimate of drug-likeness (QED) is 0.463. The number of amides is 2. The lowest BCUT2D eigenvalue weighted by molar-refractivity contribution is -0.385. The maximum absolute atomic E-state index is 12.7. The van der Waals surface area contributed by atoms with Crippen molar-refractivity contribution < 1.29 is 14.5 Å². The first-order chi connectivity index (χ1) is 13.7. The minimum Gasteiger partial charge on any atom is -0.318 e. The van der Waals surface area contributed by atoms with E-state index < -0.39 is 22.4 Å². The van der Waals surface area contributed by atoms with Crippen LogP contribution in [-0.4, -0.2) is 46.1 Å². The molecule has 13 nitrogen and oxygen atoms in total. The van der Waals surface area contributed by atoms with E-state index in [4.69, 9.17) is 0 Å². The molecule has 0 bridgehead atoms. The van der Waals surface area contributed by atoms with Gasteiger partial charge in [-0.1, -0.05) is 0 Å². The summed E-state index contributed by atoms with van der Waals surface area (Å²) >= 11 is 0. The van der Waals surface area contributed by atoms with E-state index in [1.54, 1.807) is 25.6 Å². The van der Waals surface area contributed by atoms with Gasteiger partial charge in [0, 0.05) is 20.6 Å². The predicted octanol–water partition coefficient (Wildman–Crippen LogP) is 1.09. The molecule has 2 amide bonds. The molecule has 0 radical (unpaired) electrons. The van der Waals surface area contributed by atoms with Gasteiger partial charge in [-0.15, -0.1) is 0 Å². The summed E-state index contributed by atoms with van der Waals surface area (Å²) in [5.74, 6) is -1.34. The Morgan fingerprint density at radius 1 is 1.10 bits per heavy atom. The molecule has 0 aromatic carbocycles. The lowest BCUT2D eigenvalue weighted by Crippen LogP contribution is -2.21. The monoisotopic (exact) mass is 401 g/mol. The van der Waals surface area contributed by atoms with Gasteiger partial charge in [0.15, 0.2) is 0 Å². The van der Waals surface area contributed by atoms with Crippen LogP contribution >= 0.6 is 0 Å². The van der Waals surface area contributed by atoms with Gasteiger partial charge in [0.05, 0.1) is 34.4 Å². The molecule has 0 aliphatic rings. The highest BCUT2D eigenvalue weighted by atomic mass is 16.6. The van der Waals surface area contributed by atoms with Crippen molar-refractivity contribution >= 4 is 28.9 Å². The van der Waals surface area contributed by atoms with Crippen molar-refractivity contribution in [3.63, 3.8) is 0 Å². The molecule has 3 heterocycles. The summed E-state index contributed by atoms with van der Waals surface area (Å²) in [5.41, 5.74) is 0.636. The van der Waals surface area contributed by atoms with Crippen molar-refractivity contribution in [2.75, 3.05) is 10.6 Å². The van der Waals surface area contributed by atoms with Crippen LogP contribution in [0.1, 0.15) is 33.6 Å². The fourth-order valence-electron chi connectivity index (χ4n) is 2.65. The molecule has 0 aliphatic heterocycles. The number of nitrogens with one attached hydrogen (secondary N) is 2. The molecule has 152 valence electrons. The lowest BCUT2D eigenvalue weighted by Gasteiger charge is -2.08. The number of carbonyl (C=O) groups is 2. The molecule has 2 N–H and O–H groups in total. The molecule has 13 heteroatoms. The molecule has 0 saturated carbocycles. The van der Waals surface area contributed by atoms with Crippen molar-refractivity contribution in [3.8, 4) is 0 Å². The van der Waals surface area contributed by atoms with E-state index in [1.807, 2.05) is 0 Å². The Morgan fingerprint density at radius 3 is 2.31 bits per heavy atom. The van der Waals surface area contributed by atoms with Gasteiger partial charge in [-0.2, -0.15) is 15.3 Å². The van der Waals surface area contributed by atoms with Gasteiger partial charge >= 0.3 is 5.69 Å². The van der Waals surface area contributed by atoms with Crippen LogP contribution in [0.4, 0.5) is 17.1 Å². The number of hydrogen-bond acceptors (Lipinski definition) is 7. The summed E-state index contributed by atoms with van der Waals surface area (Å²) in [6.45, 7) is 3.89. The highest BCUT2D eigenvalue weighted by Gasteiger charge is 2.27. The normalized spacial score (nSPS) is 10.8. The minimum absolute atomic E-state index is 0.0687. The number of nitro groups is 1. The maximum atomic E-state index is 12.7. The number of nitrogens with zero attached hydrogens (tertiary/aromatic N) is 7. The van der Waals surface area contributed by atoms with Crippen LogP contribution in [0.2, 0.25) is 0 Å². The molecule has 3 rings (SSSR count). The smallest absolute Gasteiger partial charge is 0.318 e. The Bertz CT molecular complexity index is 1110. The van der Waals surface area contributed by atoms with Gasteiger partial charge in [0.2, 0.25) is 5.69 Å². The summed E-state index contributed by atoms with van der Waals surface area (Å²) in [7, 11) is 3.28. The third-order valence-corrected chi connectivity index (χ3v) is 4.36. The first kappa shape index (κ1) is 19.7. The molecule has 3 aromatic rings. The van der Waals surface area contributed by atoms with Gasteiger partial charge in [0.1, 0.15) is 11.9 Å². The first-order valence-corrected chi connectivity index (χ1v) is 8.58. The van der Waals surface area contributed by atoms with Crippen LogP contribution in [0.5, 0.6) is 0 Å². The second-order valence-electron chi connectivity index (χ2n) is 6.18. The molecule has 0 fully saturated rings. The zero-order valence-corrected chi connectivity index (χ0v) is 16.2. The fourth-order valence-corrected chi connectivity index (χ4v) is 2.65. The topological polar surface area (TPSA) is 155 Å². The van der Waals surface area contributed by atoms with Crippen molar-refractivity contribution in [2.45, 2.75) is 20.4 Å². The van der Waals surface area contributed by atoms with Crippen molar-refractivity contribution in [2.24, 2.45) is 14.1 Å². The molecule has 0 unspecified atom stereocenters. The van der Waals surface area contributed by atoms with Gasteiger partial charge < -0.3 is 10.6 Å². The number of aromatic nitrogens is 6. The van der Waals surface area contributed by atoms with Crippen LogP contribution in [0.3, 0.4) is 0 Å². The molecular weight excluding hydrogens is 382 g/mol. The number of hydrogen-bond donors (Lipinski definition) is 2. The van der Waals surface area contributed by atoms with E-state index in [9.17, 15) is 19.7 Å². The van der Waals surface area contributed by atoms with Crippen LogP contribution in [-0.2, 0) is 20.6 Å². The summed E-state index contributed by atoms with van der Waals surface area (Å²) < 4.78 is 4.18. The number of anilines is 2. The zero-order valence-electron chi connectivity index (χ0n) is 16.2. The number of aryl methyl sites for hydroxylation is 3. The molecular formula is C16H19N9O4. The van der Waals surface area contributed by atoms with Gasteiger partial charge in [-0.25, -0.2) is 0 Å². The van der Waals surface area contributed by atoms with E-state index in [2.05, 4.69) is 25.9 Å². The third kappa shape index (κ3) is 3.69. The lowest BCUT2D eigenvalue weighted by atomic mass is 10.3. The summed E-state index contributed by atoms with van der Waals surface area (Å²) in [4.78, 5) is 35.9. The third-order valence-electron chi connectivity index (χ3n) is 4.36. The van der Waals surface area contributed by atoms with Gasteiger partial charge in [0.25, 0.3) is 11.8 Å². The summed E-state index contributed by atoms with van der Waals surface area (Å²) in [6.07, 6.45) is 3.96. The average Bonchev–Trinajstić information content (AvgIpc) is 3.35. The van der Waals surface area contributed by atoms with Gasteiger partial charge in [-0.05, 0) is 13.8 Å². The highest BCUT2D eigenvalue weighted by molar-refractivity contribution is 6.12. The largest absolute Gasteiger partial charge is 0.320 e. The second-order valence-corrected chi connectivity index (χ2v) is 6.18. The fraction of sp³-hybridized carbons (Fsp3) is 0.312. The molecule has 0 aliphatic carbocycles. The number of rotatable bonds is 6. The zero-order chi connectivity index (χ0) is 21.3. The van der Waals surface area contributed by atoms with Crippen LogP contribution in [0.15, 0.2) is 18.6 Å².